The van der Waals surface area contributed by atoms with E-state index in [-0.39, 0.29) is 12.5 Å². The van der Waals surface area contributed by atoms with Gasteiger partial charge in [0.25, 0.3) is 11.8 Å². The maximum atomic E-state index is 12.1. The molecule has 1 saturated carbocycles. The van der Waals surface area contributed by atoms with Gasteiger partial charge < -0.3 is 14.6 Å². The Morgan fingerprint density at radius 2 is 1.72 bits per heavy atom. The fourth-order valence-corrected chi connectivity index (χ4v) is 3.52. The molecule has 150 valence electrons. The van der Waals surface area contributed by atoms with E-state index in [1.807, 2.05) is 43.3 Å². The molecular formula is C23H25N3O3. The number of nitrogens with one attached hydrogen (secondary N) is 1. The van der Waals surface area contributed by atoms with Crippen LogP contribution in [0.5, 0.6) is 5.75 Å². The van der Waals surface area contributed by atoms with Gasteiger partial charge in [0.2, 0.25) is 5.82 Å². The molecule has 0 aliphatic heterocycles. The predicted molar refractivity (Wildman–Crippen MR) is 110 cm³/mol. The highest BCUT2D eigenvalue weighted by atomic mass is 16.5. The minimum absolute atomic E-state index is 0.0218. The molecule has 0 atom stereocenters. The first-order valence-corrected chi connectivity index (χ1v) is 10.1. The number of ether oxygens (including phenoxy) is 1. The monoisotopic (exact) mass is 391 g/mol. The average Bonchev–Trinajstić information content (AvgIpc) is 3.24. The van der Waals surface area contributed by atoms with Crippen LogP contribution in [-0.2, 0) is 4.79 Å². The highest BCUT2D eigenvalue weighted by Crippen LogP contribution is 2.24. The second kappa shape index (κ2) is 8.90. The molecule has 0 unspecified atom stereocenters. The molecule has 0 spiro atoms. The van der Waals surface area contributed by atoms with Crippen LogP contribution in [-0.4, -0.2) is 28.7 Å². The molecular weight excluding hydrogens is 366 g/mol. The number of aromatic nitrogens is 2. The molecule has 1 N–H and O–H groups in total. The first kappa shape index (κ1) is 19.2. The van der Waals surface area contributed by atoms with Crippen LogP contribution in [0.2, 0.25) is 0 Å². The largest absolute Gasteiger partial charge is 0.484 e. The quantitative estimate of drug-likeness (QED) is 0.667. The first-order valence-electron chi connectivity index (χ1n) is 10.1. The van der Waals surface area contributed by atoms with Crippen LogP contribution in [0.1, 0.15) is 37.7 Å². The van der Waals surface area contributed by atoms with Crippen molar-refractivity contribution in [3.05, 3.63) is 54.1 Å². The summed E-state index contributed by atoms with van der Waals surface area (Å²) in [5.41, 5.74) is 2.89. The number of hydrogen-bond donors (Lipinski definition) is 1. The Balaban J connectivity index is 1.33. The SMILES string of the molecule is Cc1ccc(-c2noc(-c3ccc(OCC(=O)NC4CCCCC4)cc3)n2)cc1. The minimum Gasteiger partial charge on any atom is -0.484 e. The second-order valence-corrected chi connectivity index (χ2v) is 7.50. The average molecular weight is 391 g/mol. The summed E-state index contributed by atoms with van der Waals surface area (Å²) in [4.78, 5) is 16.5. The first-order chi connectivity index (χ1) is 14.2. The number of carbonyl (C=O) groups excluding carboxylic acids is 1. The van der Waals surface area contributed by atoms with Crippen molar-refractivity contribution in [1.29, 1.82) is 0 Å². The molecule has 0 radical (unpaired) electrons. The number of hydrogen-bond acceptors (Lipinski definition) is 5. The van der Waals surface area contributed by atoms with Gasteiger partial charge in [-0.2, -0.15) is 4.98 Å². The van der Waals surface area contributed by atoms with Crippen molar-refractivity contribution in [2.45, 2.75) is 45.1 Å². The molecule has 1 fully saturated rings. The van der Waals surface area contributed by atoms with Crippen LogP contribution in [0.25, 0.3) is 22.8 Å². The van der Waals surface area contributed by atoms with E-state index in [1.165, 1.54) is 24.8 Å². The number of benzene rings is 2. The zero-order valence-electron chi connectivity index (χ0n) is 16.6. The summed E-state index contributed by atoms with van der Waals surface area (Å²) in [5, 5.41) is 7.11. The van der Waals surface area contributed by atoms with Crippen LogP contribution in [0.15, 0.2) is 53.1 Å². The van der Waals surface area contributed by atoms with Gasteiger partial charge in [-0.1, -0.05) is 54.2 Å². The lowest BCUT2D eigenvalue weighted by atomic mass is 9.95. The molecule has 2 aromatic carbocycles. The van der Waals surface area contributed by atoms with Crippen LogP contribution in [0.3, 0.4) is 0 Å². The van der Waals surface area contributed by atoms with E-state index >= 15 is 0 Å². The molecule has 1 aliphatic rings. The lowest BCUT2D eigenvalue weighted by Gasteiger charge is -2.22. The fraction of sp³-hybridized carbons (Fsp3) is 0.348. The Kier molecular flexibility index (Phi) is 5.89. The summed E-state index contributed by atoms with van der Waals surface area (Å²) in [5.74, 6) is 1.56. The summed E-state index contributed by atoms with van der Waals surface area (Å²) >= 11 is 0. The Morgan fingerprint density at radius 1 is 1.03 bits per heavy atom. The van der Waals surface area contributed by atoms with Crippen molar-refractivity contribution >= 4 is 5.91 Å². The Morgan fingerprint density at radius 3 is 2.45 bits per heavy atom. The van der Waals surface area contributed by atoms with Gasteiger partial charge >= 0.3 is 0 Å². The lowest BCUT2D eigenvalue weighted by molar-refractivity contribution is -0.124. The van der Waals surface area contributed by atoms with Gasteiger partial charge in [0.1, 0.15) is 5.75 Å². The van der Waals surface area contributed by atoms with Crippen molar-refractivity contribution in [3.8, 4) is 28.6 Å². The van der Waals surface area contributed by atoms with Crippen molar-refractivity contribution in [2.24, 2.45) is 0 Å². The van der Waals surface area contributed by atoms with E-state index in [4.69, 9.17) is 9.26 Å². The number of aryl methyl sites for hydroxylation is 1. The fourth-order valence-electron chi connectivity index (χ4n) is 3.52. The van der Waals surface area contributed by atoms with Gasteiger partial charge in [-0.25, -0.2) is 0 Å². The molecule has 3 aromatic rings. The van der Waals surface area contributed by atoms with E-state index in [0.717, 1.165) is 24.0 Å². The molecule has 0 saturated heterocycles. The molecule has 1 aromatic heterocycles. The third-order valence-corrected chi connectivity index (χ3v) is 5.18. The van der Waals surface area contributed by atoms with Crippen molar-refractivity contribution in [1.82, 2.24) is 15.5 Å². The Bertz CT molecular complexity index is 942. The Hall–Kier alpha value is -3.15. The number of nitrogens with zero attached hydrogens (tertiary/aromatic N) is 2. The molecule has 0 bridgehead atoms. The van der Waals surface area contributed by atoms with Gasteiger partial charge in [-0.05, 0) is 44.0 Å². The van der Waals surface area contributed by atoms with Crippen LogP contribution < -0.4 is 10.1 Å². The maximum Gasteiger partial charge on any atom is 0.258 e. The molecule has 1 heterocycles. The van der Waals surface area contributed by atoms with E-state index in [9.17, 15) is 4.79 Å². The van der Waals surface area contributed by atoms with Gasteiger partial charge in [0.15, 0.2) is 6.61 Å². The zero-order chi connectivity index (χ0) is 20.1. The highest BCUT2D eigenvalue weighted by Gasteiger charge is 2.16. The number of carbonyl (C=O) groups is 1. The summed E-state index contributed by atoms with van der Waals surface area (Å²) in [7, 11) is 0. The van der Waals surface area contributed by atoms with Crippen LogP contribution >= 0.6 is 0 Å². The third kappa shape index (κ3) is 5.02. The van der Waals surface area contributed by atoms with Gasteiger partial charge in [0, 0.05) is 17.2 Å². The Labute approximate surface area is 170 Å². The van der Waals surface area contributed by atoms with Crippen molar-refractivity contribution in [3.63, 3.8) is 0 Å². The maximum absolute atomic E-state index is 12.1. The molecule has 1 aliphatic carbocycles. The molecule has 6 nitrogen and oxygen atoms in total. The van der Waals surface area contributed by atoms with Gasteiger partial charge in [0.05, 0.1) is 0 Å². The summed E-state index contributed by atoms with van der Waals surface area (Å²) < 4.78 is 11.0. The van der Waals surface area contributed by atoms with Crippen molar-refractivity contribution < 1.29 is 14.1 Å². The van der Waals surface area contributed by atoms with E-state index in [1.54, 1.807) is 12.1 Å². The van der Waals surface area contributed by atoms with Gasteiger partial charge in [-0.3, -0.25) is 4.79 Å². The molecule has 29 heavy (non-hydrogen) atoms. The number of rotatable bonds is 6. The standard InChI is InChI=1S/C23H25N3O3/c1-16-7-9-17(10-8-16)22-25-23(29-26-22)18-11-13-20(14-12-18)28-15-21(27)24-19-5-3-2-4-6-19/h7-14,19H,2-6,15H2,1H3,(H,24,27). The van der Waals surface area contributed by atoms with E-state index < -0.39 is 0 Å². The summed E-state index contributed by atoms with van der Waals surface area (Å²) in [6.07, 6.45) is 5.77. The third-order valence-electron chi connectivity index (χ3n) is 5.18. The van der Waals surface area contributed by atoms with E-state index in [2.05, 4.69) is 15.5 Å². The van der Waals surface area contributed by atoms with E-state index in [0.29, 0.717) is 23.5 Å². The van der Waals surface area contributed by atoms with Crippen LogP contribution in [0, 0.1) is 6.92 Å². The van der Waals surface area contributed by atoms with Crippen molar-refractivity contribution in [2.75, 3.05) is 6.61 Å². The lowest BCUT2D eigenvalue weighted by Crippen LogP contribution is -2.38. The normalized spacial score (nSPS) is 14.5. The predicted octanol–water partition coefficient (Wildman–Crippen LogP) is 4.54. The second-order valence-electron chi connectivity index (χ2n) is 7.50. The highest BCUT2D eigenvalue weighted by molar-refractivity contribution is 5.77. The minimum atomic E-state index is -0.0689. The number of amides is 1. The zero-order valence-corrected chi connectivity index (χ0v) is 16.6. The van der Waals surface area contributed by atoms with Crippen LogP contribution in [0.4, 0.5) is 0 Å². The van der Waals surface area contributed by atoms with Gasteiger partial charge in [-0.15, -0.1) is 0 Å². The molecule has 4 rings (SSSR count). The molecule has 6 heteroatoms. The summed E-state index contributed by atoms with van der Waals surface area (Å²) in [6.45, 7) is 2.06. The topological polar surface area (TPSA) is 77.2 Å². The molecule has 1 amide bonds. The summed E-state index contributed by atoms with van der Waals surface area (Å²) in [6, 6.07) is 15.6. The smallest absolute Gasteiger partial charge is 0.258 e.